The van der Waals surface area contributed by atoms with Crippen LogP contribution in [-0.2, 0) is 6.54 Å². The third kappa shape index (κ3) is 2.89. The highest BCUT2D eigenvalue weighted by Gasteiger charge is 2.13. The average molecular weight is 206 g/mol. The van der Waals surface area contributed by atoms with Gasteiger partial charge in [-0.2, -0.15) is 0 Å². The van der Waals surface area contributed by atoms with Crippen LogP contribution in [0.4, 0.5) is 5.95 Å². The minimum atomic E-state index is 0.474. The van der Waals surface area contributed by atoms with Crippen molar-refractivity contribution in [1.82, 2.24) is 9.97 Å². The van der Waals surface area contributed by atoms with E-state index in [1.54, 1.807) is 6.20 Å². The lowest BCUT2D eigenvalue weighted by Crippen LogP contribution is -2.23. The van der Waals surface area contributed by atoms with E-state index in [4.69, 9.17) is 5.73 Å². The highest BCUT2D eigenvalue weighted by molar-refractivity contribution is 5.26. The maximum Gasteiger partial charge on any atom is 0.223 e. The van der Waals surface area contributed by atoms with Crippen LogP contribution in [0.2, 0.25) is 0 Å². The number of aromatic nitrogens is 2. The molecule has 0 atom stereocenters. The Morgan fingerprint density at radius 1 is 1.33 bits per heavy atom. The molecule has 1 fully saturated rings. The van der Waals surface area contributed by atoms with Crippen molar-refractivity contribution >= 4 is 5.95 Å². The smallest absolute Gasteiger partial charge is 0.223 e. The zero-order chi connectivity index (χ0) is 10.5. The number of rotatable bonds is 3. The molecule has 2 rings (SSSR count). The van der Waals surface area contributed by atoms with Gasteiger partial charge in [0.1, 0.15) is 0 Å². The second kappa shape index (κ2) is 5.07. The molecule has 0 aliphatic heterocycles. The first-order chi connectivity index (χ1) is 7.38. The van der Waals surface area contributed by atoms with Gasteiger partial charge in [-0.15, -0.1) is 0 Å². The van der Waals surface area contributed by atoms with Crippen molar-refractivity contribution in [2.45, 2.75) is 44.7 Å². The van der Waals surface area contributed by atoms with E-state index in [1.165, 1.54) is 32.1 Å². The monoisotopic (exact) mass is 206 g/mol. The Kier molecular flexibility index (Phi) is 3.50. The summed E-state index contributed by atoms with van der Waals surface area (Å²) < 4.78 is 0. The molecule has 3 N–H and O–H groups in total. The minimum Gasteiger partial charge on any atom is -0.351 e. The summed E-state index contributed by atoms with van der Waals surface area (Å²) in [6.45, 7) is 0.474. The Bertz CT molecular complexity index is 307. The molecule has 0 saturated heterocycles. The lowest BCUT2D eigenvalue weighted by Gasteiger charge is -2.22. The third-order valence-corrected chi connectivity index (χ3v) is 2.86. The number of anilines is 1. The second-order valence-electron chi connectivity index (χ2n) is 4.05. The molecular weight excluding hydrogens is 188 g/mol. The zero-order valence-electron chi connectivity index (χ0n) is 8.95. The highest BCUT2D eigenvalue weighted by Crippen LogP contribution is 2.19. The molecule has 1 saturated carbocycles. The van der Waals surface area contributed by atoms with E-state index >= 15 is 0 Å². The van der Waals surface area contributed by atoms with Crippen LogP contribution in [0.1, 0.15) is 37.8 Å². The van der Waals surface area contributed by atoms with Gasteiger partial charge in [0.05, 0.1) is 5.69 Å². The first-order valence-electron chi connectivity index (χ1n) is 5.67. The Morgan fingerprint density at radius 2 is 2.13 bits per heavy atom. The molecule has 1 aromatic rings. The lowest BCUT2D eigenvalue weighted by molar-refractivity contribution is 0.460. The summed E-state index contributed by atoms with van der Waals surface area (Å²) in [7, 11) is 0. The molecule has 0 bridgehead atoms. The average Bonchev–Trinajstić information content (AvgIpc) is 2.31. The van der Waals surface area contributed by atoms with Crippen molar-refractivity contribution in [1.29, 1.82) is 0 Å². The maximum absolute atomic E-state index is 5.53. The van der Waals surface area contributed by atoms with Crippen LogP contribution in [0, 0.1) is 0 Å². The van der Waals surface area contributed by atoms with Gasteiger partial charge >= 0.3 is 0 Å². The van der Waals surface area contributed by atoms with Crippen molar-refractivity contribution in [2.75, 3.05) is 5.32 Å². The fraction of sp³-hybridized carbons (Fsp3) is 0.636. The Hall–Kier alpha value is -1.16. The minimum absolute atomic E-state index is 0.474. The molecule has 82 valence electrons. The normalized spacial score (nSPS) is 17.7. The van der Waals surface area contributed by atoms with E-state index in [1.807, 2.05) is 6.07 Å². The maximum atomic E-state index is 5.53. The van der Waals surface area contributed by atoms with Gasteiger partial charge in [0.2, 0.25) is 5.95 Å². The van der Waals surface area contributed by atoms with Crippen molar-refractivity contribution in [2.24, 2.45) is 5.73 Å². The molecule has 0 aromatic carbocycles. The molecule has 0 amide bonds. The van der Waals surface area contributed by atoms with Crippen LogP contribution in [0.3, 0.4) is 0 Å². The quantitative estimate of drug-likeness (QED) is 0.789. The van der Waals surface area contributed by atoms with Gasteiger partial charge in [-0.25, -0.2) is 9.97 Å². The van der Waals surface area contributed by atoms with E-state index in [9.17, 15) is 0 Å². The molecule has 0 spiro atoms. The van der Waals surface area contributed by atoms with Crippen molar-refractivity contribution in [3.63, 3.8) is 0 Å². The highest BCUT2D eigenvalue weighted by atomic mass is 15.1. The second-order valence-corrected chi connectivity index (χ2v) is 4.05. The molecule has 4 heteroatoms. The summed E-state index contributed by atoms with van der Waals surface area (Å²) in [4.78, 5) is 8.54. The zero-order valence-corrected chi connectivity index (χ0v) is 8.95. The summed E-state index contributed by atoms with van der Waals surface area (Å²) in [5.74, 6) is 0.727. The molecule has 15 heavy (non-hydrogen) atoms. The van der Waals surface area contributed by atoms with Crippen molar-refractivity contribution < 1.29 is 0 Å². The number of nitrogens with two attached hydrogens (primary N) is 1. The van der Waals surface area contributed by atoms with Crippen LogP contribution in [-0.4, -0.2) is 16.0 Å². The number of hydrogen-bond acceptors (Lipinski definition) is 4. The van der Waals surface area contributed by atoms with Gasteiger partial charge in [0.15, 0.2) is 0 Å². The first kappa shape index (κ1) is 10.4. The molecule has 0 unspecified atom stereocenters. The summed E-state index contributed by atoms with van der Waals surface area (Å²) in [6.07, 6.45) is 8.22. The number of nitrogens with one attached hydrogen (secondary N) is 1. The van der Waals surface area contributed by atoms with Gasteiger partial charge in [0, 0.05) is 18.8 Å². The molecule has 4 nitrogen and oxygen atoms in total. The third-order valence-electron chi connectivity index (χ3n) is 2.86. The van der Waals surface area contributed by atoms with Crippen LogP contribution in [0.25, 0.3) is 0 Å². The summed E-state index contributed by atoms with van der Waals surface area (Å²) in [6, 6.07) is 2.40. The number of hydrogen-bond donors (Lipinski definition) is 2. The van der Waals surface area contributed by atoms with E-state index in [2.05, 4.69) is 15.3 Å². The van der Waals surface area contributed by atoms with Crippen LogP contribution in [0.15, 0.2) is 12.3 Å². The van der Waals surface area contributed by atoms with E-state index in [0.29, 0.717) is 12.6 Å². The van der Waals surface area contributed by atoms with Crippen molar-refractivity contribution in [3.05, 3.63) is 18.0 Å². The van der Waals surface area contributed by atoms with Gasteiger partial charge in [-0.3, -0.25) is 0 Å². The largest absolute Gasteiger partial charge is 0.351 e. The molecule has 1 aromatic heterocycles. The number of nitrogens with zero attached hydrogens (tertiary/aromatic N) is 2. The molecule has 1 aliphatic rings. The van der Waals surface area contributed by atoms with Crippen LogP contribution >= 0.6 is 0 Å². The fourth-order valence-electron chi connectivity index (χ4n) is 2.01. The van der Waals surface area contributed by atoms with Crippen LogP contribution in [0.5, 0.6) is 0 Å². The van der Waals surface area contributed by atoms with E-state index in [0.717, 1.165) is 11.6 Å². The van der Waals surface area contributed by atoms with Crippen molar-refractivity contribution in [3.8, 4) is 0 Å². The topological polar surface area (TPSA) is 63.8 Å². The molecule has 0 radical (unpaired) electrons. The van der Waals surface area contributed by atoms with Crippen LogP contribution < -0.4 is 11.1 Å². The predicted molar refractivity (Wildman–Crippen MR) is 60.4 cm³/mol. The van der Waals surface area contributed by atoms with Gasteiger partial charge in [-0.05, 0) is 18.9 Å². The summed E-state index contributed by atoms with van der Waals surface area (Å²) >= 11 is 0. The van der Waals surface area contributed by atoms with E-state index in [-0.39, 0.29) is 0 Å². The summed E-state index contributed by atoms with van der Waals surface area (Å²) in [5.41, 5.74) is 6.43. The Balaban J connectivity index is 1.96. The summed E-state index contributed by atoms with van der Waals surface area (Å²) in [5, 5.41) is 3.38. The molecule has 1 aliphatic carbocycles. The predicted octanol–water partition coefficient (Wildman–Crippen LogP) is 1.68. The van der Waals surface area contributed by atoms with Gasteiger partial charge in [0.25, 0.3) is 0 Å². The fourth-order valence-corrected chi connectivity index (χ4v) is 2.01. The lowest BCUT2D eigenvalue weighted by atomic mass is 9.96. The Morgan fingerprint density at radius 3 is 2.87 bits per heavy atom. The first-order valence-corrected chi connectivity index (χ1v) is 5.67. The molecular formula is C11H18N4. The Labute approximate surface area is 90.3 Å². The standard InChI is InChI=1S/C11H18N4/c12-8-10-6-7-13-11(15-10)14-9-4-2-1-3-5-9/h6-7,9H,1-5,8,12H2,(H,13,14,15). The van der Waals surface area contributed by atoms with Gasteiger partial charge < -0.3 is 11.1 Å². The van der Waals surface area contributed by atoms with Gasteiger partial charge in [-0.1, -0.05) is 19.3 Å². The SMILES string of the molecule is NCc1ccnc(NC2CCCCC2)n1. The molecule has 1 heterocycles. The van der Waals surface area contributed by atoms with E-state index < -0.39 is 0 Å².